The molecule has 1 aliphatic heterocycles. The van der Waals surface area contributed by atoms with Crippen LogP contribution in [0.3, 0.4) is 0 Å². The lowest BCUT2D eigenvalue weighted by molar-refractivity contribution is -0.0596. The summed E-state index contributed by atoms with van der Waals surface area (Å²) in [7, 11) is 0. The van der Waals surface area contributed by atoms with E-state index in [1.807, 2.05) is 13.8 Å². The van der Waals surface area contributed by atoms with Crippen molar-refractivity contribution in [3.63, 3.8) is 0 Å². The molecule has 0 amide bonds. The Kier molecular flexibility index (Phi) is 3.80. The molecule has 4 rings (SSSR count). The van der Waals surface area contributed by atoms with Gasteiger partial charge in [-0.15, -0.1) is 0 Å². The molecule has 0 aromatic carbocycles. The van der Waals surface area contributed by atoms with Gasteiger partial charge < -0.3 is 16.2 Å². The number of imidazole rings is 1. The van der Waals surface area contributed by atoms with Crippen molar-refractivity contribution in [3.8, 4) is 11.5 Å². The van der Waals surface area contributed by atoms with Crippen LogP contribution in [-0.2, 0) is 4.74 Å². The highest BCUT2D eigenvalue weighted by atomic mass is 19.1. The van der Waals surface area contributed by atoms with Crippen molar-refractivity contribution < 1.29 is 9.13 Å². The van der Waals surface area contributed by atoms with E-state index >= 15 is 0 Å². The lowest BCUT2D eigenvalue weighted by Crippen LogP contribution is -2.33. The summed E-state index contributed by atoms with van der Waals surface area (Å²) in [5.41, 5.74) is 14.3. The van der Waals surface area contributed by atoms with Gasteiger partial charge in [0.25, 0.3) is 0 Å². The first-order chi connectivity index (χ1) is 12.3. The number of hydrogen-bond acceptors (Lipinski definition) is 6. The molecule has 1 aliphatic rings. The minimum atomic E-state index is -0.369. The molecule has 1 fully saturated rings. The SMILES string of the molecule is CC1(C)CC(c2nc(-c3cnc4ccc(F)cn34)nc(N)c2N)CCO1. The zero-order valence-corrected chi connectivity index (χ0v) is 14.7. The van der Waals surface area contributed by atoms with Crippen molar-refractivity contribution in [1.82, 2.24) is 19.4 Å². The van der Waals surface area contributed by atoms with Crippen molar-refractivity contribution in [3.05, 3.63) is 36.0 Å². The predicted octanol–water partition coefficient (Wildman–Crippen LogP) is 2.77. The molecule has 0 radical (unpaired) electrons. The highest BCUT2D eigenvalue weighted by Gasteiger charge is 2.32. The van der Waals surface area contributed by atoms with Crippen LogP contribution in [0.1, 0.15) is 38.3 Å². The number of ether oxygens (including phenoxy) is 1. The van der Waals surface area contributed by atoms with E-state index < -0.39 is 0 Å². The second-order valence-corrected chi connectivity index (χ2v) is 7.25. The van der Waals surface area contributed by atoms with Gasteiger partial charge in [0.2, 0.25) is 0 Å². The molecule has 0 bridgehead atoms. The van der Waals surface area contributed by atoms with E-state index in [-0.39, 0.29) is 23.2 Å². The van der Waals surface area contributed by atoms with Gasteiger partial charge in [0.05, 0.1) is 23.2 Å². The molecule has 0 aliphatic carbocycles. The van der Waals surface area contributed by atoms with Gasteiger partial charge in [-0.2, -0.15) is 0 Å². The molecule has 3 aromatic heterocycles. The molecular formula is C18H21FN6O. The van der Waals surface area contributed by atoms with Crippen LogP contribution in [0, 0.1) is 5.82 Å². The molecule has 136 valence electrons. The third-order valence-corrected chi connectivity index (χ3v) is 4.79. The summed E-state index contributed by atoms with van der Waals surface area (Å²) < 4.78 is 21.1. The number of halogens is 1. The van der Waals surface area contributed by atoms with Crippen LogP contribution in [0.2, 0.25) is 0 Å². The van der Waals surface area contributed by atoms with Gasteiger partial charge in [-0.3, -0.25) is 4.40 Å². The van der Waals surface area contributed by atoms with E-state index in [1.54, 1.807) is 16.7 Å². The number of nitrogens with zero attached hydrogens (tertiary/aromatic N) is 4. The number of nitrogens with two attached hydrogens (primary N) is 2. The zero-order chi connectivity index (χ0) is 18.5. The van der Waals surface area contributed by atoms with E-state index in [0.717, 1.165) is 18.5 Å². The second kappa shape index (κ2) is 5.91. The first-order valence-corrected chi connectivity index (χ1v) is 8.54. The Morgan fingerprint density at radius 3 is 2.85 bits per heavy atom. The maximum Gasteiger partial charge on any atom is 0.180 e. The van der Waals surface area contributed by atoms with Gasteiger partial charge in [-0.05, 0) is 38.8 Å². The molecule has 1 atom stereocenters. The average molecular weight is 356 g/mol. The van der Waals surface area contributed by atoms with Gasteiger partial charge >= 0.3 is 0 Å². The van der Waals surface area contributed by atoms with Crippen LogP contribution in [-0.4, -0.2) is 31.6 Å². The fourth-order valence-corrected chi connectivity index (χ4v) is 3.52. The first kappa shape index (κ1) is 16.7. The predicted molar refractivity (Wildman–Crippen MR) is 97.0 cm³/mol. The molecule has 8 heteroatoms. The van der Waals surface area contributed by atoms with Crippen LogP contribution < -0.4 is 11.5 Å². The largest absolute Gasteiger partial charge is 0.394 e. The van der Waals surface area contributed by atoms with Crippen molar-refractivity contribution in [1.29, 1.82) is 0 Å². The Bertz CT molecular complexity index is 983. The number of fused-ring (bicyclic) bond motifs is 1. The molecular weight excluding hydrogens is 335 g/mol. The van der Waals surface area contributed by atoms with E-state index in [1.165, 1.54) is 12.3 Å². The van der Waals surface area contributed by atoms with E-state index in [9.17, 15) is 4.39 Å². The first-order valence-electron chi connectivity index (χ1n) is 8.54. The van der Waals surface area contributed by atoms with Crippen LogP contribution in [0.15, 0.2) is 24.5 Å². The third kappa shape index (κ3) is 2.86. The topological polar surface area (TPSA) is 104 Å². The van der Waals surface area contributed by atoms with Crippen molar-refractivity contribution in [2.75, 3.05) is 18.1 Å². The van der Waals surface area contributed by atoms with Crippen LogP contribution in [0.5, 0.6) is 0 Å². The van der Waals surface area contributed by atoms with E-state index in [0.29, 0.717) is 29.5 Å². The van der Waals surface area contributed by atoms with Crippen molar-refractivity contribution >= 4 is 17.2 Å². The maximum absolute atomic E-state index is 13.7. The quantitative estimate of drug-likeness (QED) is 0.732. The molecule has 4 heterocycles. The number of nitrogen functional groups attached to an aromatic ring is 2. The number of hydrogen-bond donors (Lipinski definition) is 2. The van der Waals surface area contributed by atoms with Gasteiger partial charge in [0.1, 0.15) is 17.2 Å². The highest BCUT2D eigenvalue weighted by Crippen LogP contribution is 2.38. The molecule has 1 saturated heterocycles. The van der Waals surface area contributed by atoms with Gasteiger partial charge in [-0.1, -0.05) is 0 Å². The molecule has 26 heavy (non-hydrogen) atoms. The lowest BCUT2D eigenvalue weighted by atomic mass is 9.85. The van der Waals surface area contributed by atoms with Gasteiger partial charge in [0.15, 0.2) is 11.6 Å². The van der Waals surface area contributed by atoms with Crippen molar-refractivity contribution in [2.45, 2.75) is 38.2 Å². The van der Waals surface area contributed by atoms with Crippen LogP contribution in [0.4, 0.5) is 15.9 Å². The summed E-state index contributed by atoms with van der Waals surface area (Å²) in [6.07, 6.45) is 4.56. The molecule has 4 N–H and O–H groups in total. The van der Waals surface area contributed by atoms with E-state index in [4.69, 9.17) is 16.2 Å². The Morgan fingerprint density at radius 2 is 2.08 bits per heavy atom. The standard InChI is InChI=1S/C18H21FN6O/c1-18(2)7-10(5-6-26-18)15-14(20)16(21)24-17(23-15)12-8-22-13-4-3-11(19)9-25(12)13/h3-4,8-10H,5-7,20H2,1-2H3,(H2,21,23,24). The monoisotopic (exact) mass is 356 g/mol. The maximum atomic E-state index is 13.7. The summed E-state index contributed by atoms with van der Waals surface area (Å²) in [4.78, 5) is 13.3. The Morgan fingerprint density at radius 1 is 1.27 bits per heavy atom. The van der Waals surface area contributed by atoms with Gasteiger partial charge in [0, 0.05) is 18.7 Å². The molecule has 1 unspecified atom stereocenters. The number of aromatic nitrogens is 4. The summed E-state index contributed by atoms with van der Waals surface area (Å²) >= 11 is 0. The Balaban J connectivity index is 1.83. The normalized spacial score (nSPS) is 19.7. The van der Waals surface area contributed by atoms with Gasteiger partial charge in [-0.25, -0.2) is 19.3 Å². The summed E-state index contributed by atoms with van der Waals surface area (Å²) in [5, 5.41) is 0. The molecule has 0 saturated carbocycles. The third-order valence-electron chi connectivity index (χ3n) is 4.79. The number of rotatable bonds is 2. The summed E-state index contributed by atoms with van der Waals surface area (Å²) in [6.45, 7) is 4.74. The number of anilines is 2. The second-order valence-electron chi connectivity index (χ2n) is 7.25. The van der Waals surface area contributed by atoms with Crippen molar-refractivity contribution in [2.24, 2.45) is 0 Å². The zero-order valence-electron chi connectivity index (χ0n) is 14.7. The Hall–Kier alpha value is -2.74. The molecule has 0 spiro atoms. The summed E-state index contributed by atoms with van der Waals surface area (Å²) in [6, 6.07) is 2.96. The number of pyridine rings is 1. The Labute approximate surface area is 150 Å². The summed E-state index contributed by atoms with van der Waals surface area (Å²) in [5.74, 6) is 0.361. The molecule has 3 aromatic rings. The van der Waals surface area contributed by atoms with Crippen LogP contribution in [0.25, 0.3) is 17.2 Å². The average Bonchev–Trinajstić information content (AvgIpc) is 2.99. The highest BCUT2D eigenvalue weighted by molar-refractivity contribution is 5.67. The van der Waals surface area contributed by atoms with E-state index in [2.05, 4.69) is 15.0 Å². The minimum absolute atomic E-state index is 0.124. The smallest absolute Gasteiger partial charge is 0.180 e. The minimum Gasteiger partial charge on any atom is -0.394 e. The fourth-order valence-electron chi connectivity index (χ4n) is 3.52. The fraction of sp³-hybridized carbons (Fsp3) is 0.389. The molecule has 7 nitrogen and oxygen atoms in total. The lowest BCUT2D eigenvalue weighted by Gasteiger charge is -2.35. The van der Waals surface area contributed by atoms with Crippen LogP contribution >= 0.6 is 0 Å².